The minimum absolute atomic E-state index is 0.275. The van der Waals surface area contributed by atoms with E-state index in [2.05, 4.69) is 25.5 Å². The predicted molar refractivity (Wildman–Crippen MR) is 67.7 cm³/mol. The molecule has 0 heterocycles. The van der Waals surface area contributed by atoms with Gasteiger partial charge in [-0.3, -0.25) is 0 Å². The van der Waals surface area contributed by atoms with Crippen molar-refractivity contribution in [1.82, 2.24) is 0 Å². The third-order valence-corrected chi connectivity index (χ3v) is 1.91. The number of benzene rings is 1. The number of carbonyl (C=O) groups is 1. The molecular formula is C14H22O2. The molecule has 2 heteroatoms. The Labute approximate surface area is 98.6 Å². The summed E-state index contributed by atoms with van der Waals surface area (Å²) in [6.07, 6.45) is 3.43. The fraction of sp³-hybridized carbons (Fsp3) is 0.500. The first kappa shape index (κ1) is 14.7. The van der Waals surface area contributed by atoms with E-state index in [0.29, 0.717) is 5.56 Å². The Hall–Kier alpha value is -1.31. The summed E-state index contributed by atoms with van der Waals surface area (Å²) in [6, 6.07) is 7.54. The Bertz CT molecular complexity index is 288. The zero-order valence-electron chi connectivity index (χ0n) is 10.7. The standard InChI is InChI=1S/C11H14O2.C3H8/c1-3-4-9-5-7-10(8-6-9)11(12)13-2;1-3-2/h5-8H,3-4H2,1-2H3;3H2,1-2H3. The lowest BCUT2D eigenvalue weighted by Crippen LogP contribution is -2.00. The van der Waals surface area contributed by atoms with Crippen LogP contribution in [0.4, 0.5) is 0 Å². The van der Waals surface area contributed by atoms with Crippen molar-refractivity contribution in [1.29, 1.82) is 0 Å². The van der Waals surface area contributed by atoms with Crippen LogP contribution in [0.3, 0.4) is 0 Å². The molecule has 1 aromatic rings. The summed E-state index contributed by atoms with van der Waals surface area (Å²) in [5.41, 5.74) is 1.87. The average molecular weight is 222 g/mol. The fourth-order valence-corrected chi connectivity index (χ4v) is 1.21. The highest BCUT2D eigenvalue weighted by Gasteiger charge is 2.03. The molecule has 2 nitrogen and oxygen atoms in total. The van der Waals surface area contributed by atoms with Gasteiger partial charge in [-0.1, -0.05) is 45.7 Å². The topological polar surface area (TPSA) is 26.3 Å². The van der Waals surface area contributed by atoms with Crippen molar-refractivity contribution in [3.63, 3.8) is 0 Å². The Balaban J connectivity index is 0.000000673. The number of esters is 1. The lowest BCUT2D eigenvalue weighted by atomic mass is 10.1. The van der Waals surface area contributed by atoms with Crippen LogP contribution in [0.25, 0.3) is 0 Å². The number of hydrogen-bond donors (Lipinski definition) is 0. The second-order valence-corrected chi connectivity index (χ2v) is 3.65. The smallest absolute Gasteiger partial charge is 0.337 e. The van der Waals surface area contributed by atoms with Crippen LogP contribution >= 0.6 is 0 Å². The quantitative estimate of drug-likeness (QED) is 0.726. The summed E-state index contributed by atoms with van der Waals surface area (Å²) in [4.78, 5) is 11.1. The maximum absolute atomic E-state index is 11.1. The number of ether oxygens (including phenoxy) is 1. The van der Waals surface area contributed by atoms with Gasteiger partial charge in [-0.15, -0.1) is 0 Å². The molecule has 1 rings (SSSR count). The van der Waals surface area contributed by atoms with Crippen molar-refractivity contribution in [3.8, 4) is 0 Å². The molecule has 0 radical (unpaired) electrons. The van der Waals surface area contributed by atoms with Gasteiger partial charge in [0.05, 0.1) is 12.7 Å². The first-order valence-corrected chi connectivity index (χ1v) is 5.86. The molecule has 0 N–H and O–H groups in total. The molecule has 0 aliphatic heterocycles. The van der Waals surface area contributed by atoms with E-state index in [9.17, 15) is 4.79 Å². The van der Waals surface area contributed by atoms with Crippen LogP contribution in [0.1, 0.15) is 49.5 Å². The molecule has 0 aliphatic rings. The Morgan fingerprint density at radius 2 is 1.62 bits per heavy atom. The summed E-state index contributed by atoms with van der Waals surface area (Å²) in [5, 5.41) is 0. The fourth-order valence-electron chi connectivity index (χ4n) is 1.21. The summed E-state index contributed by atoms with van der Waals surface area (Å²) >= 11 is 0. The van der Waals surface area contributed by atoms with E-state index in [4.69, 9.17) is 0 Å². The van der Waals surface area contributed by atoms with Gasteiger partial charge >= 0.3 is 5.97 Å². The predicted octanol–water partition coefficient (Wildman–Crippen LogP) is 3.84. The maximum atomic E-state index is 11.1. The first-order valence-electron chi connectivity index (χ1n) is 5.86. The minimum Gasteiger partial charge on any atom is -0.465 e. The third kappa shape index (κ3) is 5.54. The van der Waals surface area contributed by atoms with Gasteiger partial charge in [0, 0.05) is 0 Å². The summed E-state index contributed by atoms with van der Waals surface area (Å²) < 4.78 is 4.60. The second-order valence-electron chi connectivity index (χ2n) is 3.65. The maximum Gasteiger partial charge on any atom is 0.337 e. The van der Waals surface area contributed by atoms with Crippen LogP contribution in [0.2, 0.25) is 0 Å². The Kier molecular flexibility index (Phi) is 8.22. The van der Waals surface area contributed by atoms with Crippen molar-refractivity contribution < 1.29 is 9.53 Å². The molecule has 0 atom stereocenters. The lowest BCUT2D eigenvalue weighted by Gasteiger charge is -2.00. The van der Waals surface area contributed by atoms with Gasteiger partial charge in [-0.25, -0.2) is 4.79 Å². The molecular weight excluding hydrogens is 200 g/mol. The molecule has 90 valence electrons. The number of rotatable bonds is 3. The van der Waals surface area contributed by atoms with Gasteiger partial charge in [0.1, 0.15) is 0 Å². The van der Waals surface area contributed by atoms with Gasteiger partial charge in [-0.05, 0) is 24.1 Å². The van der Waals surface area contributed by atoms with E-state index < -0.39 is 0 Å². The van der Waals surface area contributed by atoms with E-state index in [1.54, 1.807) is 12.1 Å². The van der Waals surface area contributed by atoms with Crippen LogP contribution in [0.15, 0.2) is 24.3 Å². The lowest BCUT2D eigenvalue weighted by molar-refractivity contribution is 0.0600. The van der Waals surface area contributed by atoms with Gasteiger partial charge in [0.25, 0.3) is 0 Å². The molecule has 16 heavy (non-hydrogen) atoms. The van der Waals surface area contributed by atoms with Crippen LogP contribution < -0.4 is 0 Å². The van der Waals surface area contributed by atoms with Gasteiger partial charge < -0.3 is 4.74 Å². The SMILES string of the molecule is CCC.CCCc1ccc(C(=O)OC)cc1. The third-order valence-electron chi connectivity index (χ3n) is 1.91. The minimum atomic E-state index is -0.275. The molecule has 0 aromatic heterocycles. The molecule has 0 bridgehead atoms. The monoisotopic (exact) mass is 222 g/mol. The largest absolute Gasteiger partial charge is 0.465 e. The van der Waals surface area contributed by atoms with E-state index in [1.807, 2.05) is 12.1 Å². The molecule has 0 fully saturated rings. The van der Waals surface area contributed by atoms with Crippen LogP contribution in [-0.4, -0.2) is 13.1 Å². The van der Waals surface area contributed by atoms with Gasteiger partial charge in [-0.2, -0.15) is 0 Å². The van der Waals surface area contributed by atoms with Crippen LogP contribution in [0.5, 0.6) is 0 Å². The molecule has 0 amide bonds. The number of aryl methyl sites for hydroxylation is 1. The highest BCUT2D eigenvalue weighted by molar-refractivity contribution is 5.89. The number of carbonyl (C=O) groups excluding carboxylic acids is 1. The Morgan fingerprint density at radius 3 is 2.00 bits per heavy atom. The number of methoxy groups -OCH3 is 1. The van der Waals surface area contributed by atoms with Crippen molar-refractivity contribution in [2.24, 2.45) is 0 Å². The molecule has 0 saturated carbocycles. The average Bonchev–Trinajstić information content (AvgIpc) is 2.30. The van der Waals surface area contributed by atoms with Crippen molar-refractivity contribution in [2.45, 2.75) is 40.0 Å². The molecule has 1 aromatic carbocycles. The van der Waals surface area contributed by atoms with E-state index in [1.165, 1.54) is 19.1 Å². The molecule has 0 aliphatic carbocycles. The molecule has 0 unspecified atom stereocenters. The van der Waals surface area contributed by atoms with Gasteiger partial charge in [0.15, 0.2) is 0 Å². The second kappa shape index (κ2) is 8.96. The van der Waals surface area contributed by atoms with E-state index in [0.717, 1.165) is 12.8 Å². The van der Waals surface area contributed by atoms with E-state index in [-0.39, 0.29) is 5.97 Å². The van der Waals surface area contributed by atoms with Crippen molar-refractivity contribution in [3.05, 3.63) is 35.4 Å². The van der Waals surface area contributed by atoms with Crippen molar-refractivity contribution >= 4 is 5.97 Å². The zero-order valence-corrected chi connectivity index (χ0v) is 10.7. The normalized spacial score (nSPS) is 9.00. The van der Waals surface area contributed by atoms with Gasteiger partial charge in [0.2, 0.25) is 0 Å². The molecule has 0 saturated heterocycles. The summed E-state index contributed by atoms with van der Waals surface area (Å²) in [6.45, 7) is 6.38. The summed E-state index contributed by atoms with van der Waals surface area (Å²) in [7, 11) is 1.39. The first-order chi connectivity index (χ1) is 7.69. The van der Waals surface area contributed by atoms with Crippen LogP contribution in [-0.2, 0) is 11.2 Å². The summed E-state index contributed by atoms with van der Waals surface area (Å²) in [5.74, 6) is -0.275. The van der Waals surface area contributed by atoms with Crippen LogP contribution in [0, 0.1) is 0 Å². The number of hydrogen-bond acceptors (Lipinski definition) is 2. The van der Waals surface area contributed by atoms with E-state index >= 15 is 0 Å². The molecule has 0 spiro atoms. The highest BCUT2D eigenvalue weighted by Crippen LogP contribution is 2.07. The Morgan fingerprint density at radius 1 is 1.12 bits per heavy atom. The highest BCUT2D eigenvalue weighted by atomic mass is 16.5. The van der Waals surface area contributed by atoms with Crippen molar-refractivity contribution in [2.75, 3.05) is 7.11 Å². The zero-order chi connectivity index (χ0) is 12.4.